The Labute approximate surface area is 182 Å². The fraction of sp³-hybridized carbons (Fsp3) is 0.190. The van der Waals surface area contributed by atoms with E-state index in [4.69, 9.17) is 0 Å². The topological polar surface area (TPSA) is 134 Å². The number of nitro groups is 1. The maximum atomic E-state index is 12.8. The predicted octanol–water partition coefficient (Wildman–Crippen LogP) is 2.99. The first kappa shape index (κ1) is 20.8. The first-order valence-corrected chi connectivity index (χ1v) is 9.76. The molecule has 4 rings (SSSR count). The van der Waals surface area contributed by atoms with E-state index in [1.807, 2.05) is 31.2 Å². The fourth-order valence-electron chi connectivity index (χ4n) is 3.40. The smallest absolute Gasteiger partial charge is 0.312 e. The summed E-state index contributed by atoms with van der Waals surface area (Å²) in [4.78, 5) is 23.5. The van der Waals surface area contributed by atoms with Gasteiger partial charge in [-0.1, -0.05) is 18.2 Å². The second-order valence-electron chi connectivity index (χ2n) is 7.34. The van der Waals surface area contributed by atoms with Gasteiger partial charge in [0.1, 0.15) is 17.7 Å². The number of nitrogens with one attached hydrogen (secondary N) is 1. The number of aromatic nitrogens is 6. The van der Waals surface area contributed by atoms with Gasteiger partial charge in [-0.2, -0.15) is 5.10 Å². The van der Waals surface area contributed by atoms with Crippen LogP contribution in [-0.4, -0.2) is 40.8 Å². The van der Waals surface area contributed by atoms with E-state index in [2.05, 4.69) is 25.9 Å². The van der Waals surface area contributed by atoms with Gasteiger partial charge in [-0.05, 0) is 66.6 Å². The van der Waals surface area contributed by atoms with Crippen LogP contribution in [-0.2, 0) is 6.54 Å². The van der Waals surface area contributed by atoms with Crippen LogP contribution >= 0.6 is 0 Å². The summed E-state index contributed by atoms with van der Waals surface area (Å²) in [5.74, 6) is -0.254. The van der Waals surface area contributed by atoms with Gasteiger partial charge in [0, 0.05) is 11.3 Å². The SMILES string of the molecule is Cc1ccc(-n2cnnn2)cc1NC(=O)c1ccc(Cn2nc(C)c([N+](=O)[O-])c2C)cc1. The van der Waals surface area contributed by atoms with Gasteiger partial charge in [-0.3, -0.25) is 19.6 Å². The minimum Gasteiger partial charge on any atom is -0.322 e. The molecule has 0 spiro atoms. The summed E-state index contributed by atoms with van der Waals surface area (Å²) in [6, 6.07) is 12.6. The normalized spacial score (nSPS) is 10.8. The number of carbonyl (C=O) groups is 1. The molecule has 11 nitrogen and oxygen atoms in total. The molecule has 162 valence electrons. The lowest BCUT2D eigenvalue weighted by atomic mass is 10.1. The highest BCUT2D eigenvalue weighted by Gasteiger charge is 2.21. The van der Waals surface area contributed by atoms with Crippen molar-refractivity contribution in [1.82, 2.24) is 30.0 Å². The van der Waals surface area contributed by atoms with Gasteiger partial charge in [0.25, 0.3) is 5.91 Å². The average molecular weight is 432 g/mol. The molecule has 1 amide bonds. The molecule has 1 N–H and O–H groups in total. The Bertz CT molecular complexity index is 1290. The van der Waals surface area contributed by atoms with Crippen molar-refractivity contribution in [3.8, 4) is 5.69 Å². The first-order chi connectivity index (χ1) is 15.3. The molecule has 0 saturated heterocycles. The monoisotopic (exact) mass is 432 g/mol. The van der Waals surface area contributed by atoms with Crippen molar-refractivity contribution in [3.05, 3.63) is 87.0 Å². The number of hydrogen-bond acceptors (Lipinski definition) is 7. The van der Waals surface area contributed by atoms with Gasteiger partial charge in [0.05, 0.1) is 17.2 Å². The summed E-state index contributed by atoms with van der Waals surface area (Å²) in [7, 11) is 0. The van der Waals surface area contributed by atoms with Crippen LogP contribution in [0.15, 0.2) is 48.8 Å². The third-order valence-corrected chi connectivity index (χ3v) is 5.16. The van der Waals surface area contributed by atoms with E-state index < -0.39 is 4.92 Å². The largest absolute Gasteiger partial charge is 0.322 e. The standard InChI is InChI=1S/C21H20N8O3/c1-13-4-9-18(28-12-22-25-26-28)10-19(13)23-21(30)17-7-5-16(6-8-17)11-27-15(3)20(29(31)32)14(2)24-27/h4-10,12H,11H2,1-3H3,(H,23,30). The molecule has 32 heavy (non-hydrogen) atoms. The molecule has 0 atom stereocenters. The summed E-state index contributed by atoms with van der Waals surface area (Å²) in [6.45, 7) is 5.56. The van der Waals surface area contributed by atoms with Gasteiger partial charge in [-0.15, -0.1) is 5.10 Å². The second kappa shape index (κ2) is 8.38. The summed E-state index contributed by atoms with van der Waals surface area (Å²) in [6.07, 6.45) is 1.48. The number of nitrogens with zero attached hydrogens (tertiary/aromatic N) is 7. The summed E-state index contributed by atoms with van der Waals surface area (Å²) in [5, 5.41) is 29.5. The minimum atomic E-state index is -0.419. The molecule has 0 aliphatic carbocycles. The summed E-state index contributed by atoms with van der Waals surface area (Å²) >= 11 is 0. The molecule has 0 aliphatic heterocycles. The zero-order chi connectivity index (χ0) is 22.8. The number of rotatable bonds is 6. The van der Waals surface area contributed by atoms with Crippen LogP contribution in [0.25, 0.3) is 5.69 Å². The van der Waals surface area contributed by atoms with Crippen LogP contribution in [0.1, 0.15) is 32.9 Å². The number of tetrazole rings is 1. The van der Waals surface area contributed by atoms with E-state index in [0.717, 1.165) is 16.8 Å². The Hall–Kier alpha value is -4.41. The van der Waals surface area contributed by atoms with Crippen LogP contribution < -0.4 is 5.32 Å². The lowest BCUT2D eigenvalue weighted by Crippen LogP contribution is -2.13. The molecule has 2 aromatic carbocycles. The van der Waals surface area contributed by atoms with Crippen LogP contribution in [0.5, 0.6) is 0 Å². The van der Waals surface area contributed by atoms with Crippen molar-refractivity contribution in [1.29, 1.82) is 0 Å². The molecule has 0 radical (unpaired) electrons. The number of anilines is 1. The Morgan fingerprint density at radius 3 is 2.50 bits per heavy atom. The molecule has 0 saturated carbocycles. The number of carbonyl (C=O) groups excluding carboxylic acids is 1. The molecule has 0 unspecified atom stereocenters. The molecule has 2 aromatic heterocycles. The van der Waals surface area contributed by atoms with E-state index in [-0.39, 0.29) is 11.6 Å². The maximum Gasteiger partial charge on any atom is 0.312 e. The van der Waals surface area contributed by atoms with Gasteiger partial charge in [-0.25, -0.2) is 4.68 Å². The van der Waals surface area contributed by atoms with Crippen LogP contribution in [0.2, 0.25) is 0 Å². The zero-order valence-corrected chi connectivity index (χ0v) is 17.7. The van der Waals surface area contributed by atoms with Gasteiger partial charge in [0.15, 0.2) is 0 Å². The quantitative estimate of drug-likeness (QED) is 0.366. The highest BCUT2D eigenvalue weighted by atomic mass is 16.6. The van der Waals surface area contributed by atoms with E-state index in [9.17, 15) is 14.9 Å². The number of aryl methyl sites for hydroxylation is 2. The van der Waals surface area contributed by atoms with Crippen LogP contribution in [0.3, 0.4) is 0 Å². The van der Waals surface area contributed by atoms with Crippen LogP contribution in [0, 0.1) is 30.9 Å². The summed E-state index contributed by atoms with van der Waals surface area (Å²) < 4.78 is 3.10. The number of amides is 1. The molecule has 4 aromatic rings. The van der Waals surface area contributed by atoms with Crippen molar-refractivity contribution >= 4 is 17.3 Å². The Morgan fingerprint density at radius 2 is 1.88 bits per heavy atom. The molecular weight excluding hydrogens is 412 g/mol. The van der Waals surface area contributed by atoms with Gasteiger partial charge < -0.3 is 5.32 Å². The van der Waals surface area contributed by atoms with Gasteiger partial charge in [0.2, 0.25) is 0 Å². The first-order valence-electron chi connectivity index (χ1n) is 9.76. The lowest BCUT2D eigenvalue weighted by Gasteiger charge is -2.11. The number of benzene rings is 2. The molecule has 11 heteroatoms. The average Bonchev–Trinajstić information content (AvgIpc) is 3.38. The highest BCUT2D eigenvalue weighted by molar-refractivity contribution is 6.04. The molecular formula is C21H20N8O3. The maximum absolute atomic E-state index is 12.8. The van der Waals surface area contributed by atoms with Crippen molar-refractivity contribution in [2.45, 2.75) is 27.3 Å². The lowest BCUT2D eigenvalue weighted by molar-refractivity contribution is -0.386. The van der Waals surface area contributed by atoms with E-state index in [1.54, 1.807) is 36.7 Å². The van der Waals surface area contributed by atoms with E-state index in [1.165, 1.54) is 11.0 Å². The van der Waals surface area contributed by atoms with Crippen molar-refractivity contribution in [2.24, 2.45) is 0 Å². The molecule has 0 aliphatic rings. The van der Waals surface area contributed by atoms with Crippen molar-refractivity contribution in [3.63, 3.8) is 0 Å². The third-order valence-electron chi connectivity index (χ3n) is 5.16. The van der Waals surface area contributed by atoms with E-state index in [0.29, 0.717) is 29.2 Å². The minimum absolute atomic E-state index is 0.0280. The van der Waals surface area contributed by atoms with Crippen LogP contribution in [0.4, 0.5) is 11.4 Å². The predicted molar refractivity (Wildman–Crippen MR) is 116 cm³/mol. The Morgan fingerprint density at radius 1 is 1.12 bits per heavy atom. The fourth-order valence-corrected chi connectivity index (χ4v) is 3.40. The second-order valence-corrected chi connectivity index (χ2v) is 7.34. The highest BCUT2D eigenvalue weighted by Crippen LogP contribution is 2.23. The zero-order valence-electron chi connectivity index (χ0n) is 17.7. The molecule has 0 bridgehead atoms. The third kappa shape index (κ3) is 4.08. The van der Waals surface area contributed by atoms with Crippen molar-refractivity contribution < 1.29 is 9.72 Å². The van der Waals surface area contributed by atoms with Gasteiger partial charge >= 0.3 is 5.69 Å². The Kier molecular flexibility index (Phi) is 5.46. The van der Waals surface area contributed by atoms with Crippen molar-refractivity contribution in [2.75, 3.05) is 5.32 Å². The molecule has 0 fully saturated rings. The number of hydrogen-bond donors (Lipinski definition) is 1. The van der Waals surface area contributed by atoms with E-state index >= 15 is 0 Å². The summed E-state index contributed by atoms with van der Waals surface area (Å²) in [5.41, 5.74) is 4.54. The Balaban J connectivity index is 1.49. The molecule has 2 heterocycles.